The lowest BCUT2D eigenvalue weighted by molar-refractivity contribution is 0.717. The standard InChI is InChI=1S/C13H17N3S/c1-2-12(17)13(16-14)15-11-7-9-5-3-4-6-10(9)8-11/h2-6,11,17H,7-8,14H2,1H3,(H,15,16)/b12-2-. The third-order valence-corrected chi connectivity index (χ3v) is 3.46. The summed E-state index contributed by atoms with van der Waals surface area (Å²) in [5, 5.41) is 0. The van der Waals surface area contributed by atoms with Gasteiger partial charge in [0.05, 0.1) is 6.04 Å². The highest BCUT2D eigenvalue weighted by Crippen LogP contribution is 2.24. The van der Waals surface area contributed by atoms with Gasteiger partial charge in [-0.05, 0) is 30.9 Å². The molecule has 0 amide bonds. The van der Waals surface area contributed by atoms with Crippen LogP contribution in [0.3, 0.4) is 0 Å². The number of benzene rings is 1. The number of thiol groups is 1. The molecule has 0 bridgehead atoms. The maximum atomic E-state index is 5.46. The van der Waals surface area contributed by atoms with Gasteiger partial charge in [-0.3, -0.25) is 4.99 Å². The second-order valence-corrected chi connectivity index (χ2v) is 4.61. The quantitative estimate of drug-likeness (QED) is 0.246. The molecule has 0 spiro atoms. The highest BCUT2D eigenvalue weighted by molar-refractivity contribution is 7.85. The van der Waals surface area contributed by atoms with Crippen LogP contribution >= 0.6 is 12.6 Å². The molecule has 17 heavy (non-hydrogen) atoms. The van der Waals surface area contributed by atoms with Gasteiger partial charge in [-0.1, -0.05) is 30.3 Å². The number of allylic oxidation sites excluding steroid dienone is 1. The lowest BCUT2D eigenvalue weighted by Crippen LogP contribution is -2.32. The fourth-order valence-electron chi connectivity index (χ4n) is 2.12. The molecule has 0 radical (unpaired) electrons. The molecule has 0 aliphatic heterocycles. The molecule has 1 aliphatic carbocycles. The average Bonchev–Trinajstić information content (AvgIpc) is 2.77. The van der Waals surface area contributed by atoms with E-state index in [1.807, 2.05) is 13.0 Å². The number of amidine groups is 1. The van der Waals surface area contributed by atoms with Gasteiger partial charge in [0.25, 0.3) is 0 Å². The maximum Gasteiger partial charge on any atom is 0.148 e. The molecule has 1 aliphatic rings. The first kappa shape index (κ1) is 12.2. The Kier molecular flexibility index (Phi) is 3.86. The first-order valence-electron chi connectivity index (χ1n) is 5.71. The minimum absolute atomic E-state index is 0.264. The van der Waals surface area contributed by atoms with E-state index in [0.717, 1.165) is 17.7 Å². The van der Waals surface area contributed by atoms with Crippen LogP contribution in [0.25, 0.3) is 0 Å². The van der Waals surface area contributed by atoms with E-state index in [9.17, 15) is 0 Å². The monoisotopic (exact) mass is 247 g/mol. The summed E-state index contributed by atoms with van der Waals surface area (Å²) in [5.41, 5.74) is 5.39. The summed E-state index contributed by atoms with van der Waals surface area (Å²) in [7, 11) is 0. The van der Waals surface area contributed by atoms with Crippen LogP contribution in [-0.4, -0.2) is 11.9 Å². The Morgan fingerprint density at radius 3 is 2.47 bits per heavy atom. The van der Waals surface area contributed by atoms with E-state index in [-0.39, 0.29) is 6.04 Å². The number of hydrazine groups is 1. The summed E-state index contributed by atoms with van der Waals surface area (Å²) < 4.78 is 0. The van der Waals surface area contributed by atoms with Crippen LogP contribution in [0.5, 0.6) is 0 Å². The number of hydrogen-bond donors (Lipinski definition) is 3. The first-order valence-corrected chi connectivity index (χ1v) is 6.16. The normalized spacial score (nSPS) is 17.1. The number of nitrogens with one attached hydrogen (secondary N) is 1. The van der Waals surface area contributed by atoms with Crippen LogP contribution in [0.2, 0.25) is 0 Å². The average molecular weight is 247 g/mol. The molecule has 0 saturated carbocycles. The molecular weight excluding hydrogens is 230 g/mol. The lowest BCUT2D eigenvalue weighted by Gasteiger charge is -2.08. The van der Waals surface area contributed by atoms with Gasteiger partial charge in [-0.25, -0.2) is 5.84 Å². The Bertz CT molecular complexity index is 440. The summed E-state index contributed by atoms with van der Waals surface area (Å²) in [4.78, 5) is 5.40. The lowest BCUT2D eigenvalue weighted by atomic mass is 10.1. The van der Waals surface area contributed by atoms with E-state index in [1.54, 1.807) is 0 Å². The Labute approximate surface area is 107 Å². The van der Waals surface area contributed by atoms with Crippen molar-refractivity contribution in [2.75, 3.05) is 0 Å². The summed E-state index contributed by atoms with van der Waals surface area (Å²) in [5.74, 6) is 6.12. The Hall–Kier alpha value is -1.26. The number of nitrogens with two attached hydrogens (primary N) is 1. The number of rotatable bonds is 2. The van der Waals surface area contributed by atoms with Crippen molar-refractivity contribution in [2.45, 2.75) is 25.8 Å². The smallest absolute Gasteiger partial charge is 0.148 e. The fourth-order valence-corrected chi connectivity index (χ4v) is 2.25. The SMILES string of the molecule is C/C=C(\S)C(=NC1Cc2ccccc2C1)NN. The molecule has 2 rings (SSSR count). The van der Waals surface area contributed by atoms with Crippen LogP contribution in [0, 0.1) is 0 Å². The number of aliphatic imine (C=N–C) groups is 1. The zero-order valence-electron chi connectivity index (χ0n) is 9.85. The van der Waals surface area contributed by atoms with Gasteiger partial charge in [0.2, 0.25) is 0 Å². The Morgan fingerprint density at radius 1 is 1.41 bits per heavy atom. The van der Waals surface area contributed by atoms with Crippen molar-refractivity contribution in [2.24, 2.45) is 10.8 Å². The van der Waals surface area contributed by atoms with Gasteiger partial charge in [-0.2, -0.15) is 0 Å². The molecule has 0 saturated heterocycles. The Balaban J connectivity index is 2.15. The summed E-state index contributed by atoms with van der Waals surface area (Å²) in [6, 6.07) is 8.74. The molecule has 3 nitrogen and oxygen atoms in total. The number of hydrogen-bond acceptors (Lipinski definition) is 3. The Morgan fingerprint density at radius 2 is 2.00 bits per heavy atom. The van der Waals surface area contributed by atoms with Crippen LogP contribution in [-0.2, 0) is 12.8 Å². The second kappa shape index (κ2) is 5.38. The van der Waals surface area contributed by atoms with Gasteiger partial charge in [0, 0.05) is 4.91 Å². The molecule has 0 atom stereocenters. The predicted molar refractivity (Wildman–Crippen MR) is 75.1 cm³/mol. The summed E-state index contributed by atoms with van der Waals surface area (Å²) in [6.45, 7) is 1.92. The molecule has 4 heteroatoms. The highest BCUT2D eigenvalue weighted by atomic mass is 32.1. The van der Waals surface area contributed by atoms with E-state index >= 15 is 0 Å². The number of nitrogens with zero attached hydrogens (tertiary/aromatic N) is 1. The minimum Gasteiger partial charge on any atom is -0.308 e. The van der Waals surface area contributed by atoms with E-state index in [2.05, 4.69) is 47.3 Å². The fraction of sp³-hybridized carbons (Fsp3) is 0.308. The molecule has 1 aromatic rings. The predicted octanol–water partition coefficient (Wildman–Crippen LogP) is 1.85. The van der Waals surface area contributed by atoms with E-state index < -0.39 is 0 Å². The molecule has 1 aromatic carbocycles. The van der Waals surface area contributed by atoms with E-state index in [4.69, 9.17) is 5.84 Å². The molecule has 0 heterocycles. The molecule has 90 valence electrons. The van der Waals surface area contributed by atoms with Gasteiger partial charge in [-0.15, -0.1) is 12.6 Å². The zero-order chi connectivity index (χ0) is 12.3. The van der Waals surface area contributed by atoms with Crippen LogP contribution in [0.1, 0.15) is 18.1 Å². The van der Waals surface area contributed by atoms with Gasteiger partial charge >= 0.3 is 0 Å². The largest absolute Gasteiger partial charge is 0.308 e. The topological polar surface area (TPSA) is 50.4 Å². The van der Waals surface area contributed by atoms with Crippen LogP contribution < -0.4 is 11.3 Å². The first-order chi connectivity index (χ1) is 8.24. The molecule has 0 aromatic heterocycles. The second-order valence-electron chi connectivity index (χ2n) is 4.13. The van der Waals surface area contributed by atoms with Crippen LogP contribution in [0.15, 0.2) is 40.2 Å². The van der Waals surface area contributed by atoms with Crippen molar-refractivity contribution >= 4 is 18.5 Å². The minimum atomic E-state index is 0.264. The van der Waals surface area contributed by atoms with Crippen molar-refractivity contribution in [1.29, 1.82) is 0 Å². The van der Waals surface area contributed by atoms with Crippen molar-refractivity contribution in [3.05, 3.63) is 46.4 Å². The number of fused-ring (bicyclic) bond motifs is 1. The van der Waals surface area contributed by atoms with Crippen LogP contribution in [0.4, 0.5) is 0 Å². The zero-order valence-corrected chi connectivity index (χ0v) is 10.7. The van der Waals surface area contributed by atoms with E-state index in [0.29, 0.717) is 5.84 Å². The molecular formula is C13H17N3S. The molecule has 3 N–H and O–H groups in total. The highest BCUT2D eigenvalue weighted by Gasteiger charge is 2.20. The molecule has 0 fully saturated rings. The third-order valence-electron chi connectivity index (χ3n) is 2.99. The van der Waals surface area contributed by atoms with Crippen molar-refractivity contribution in [1.82, 2.24) is 5.43 Å². The molecule has 0 unspecified atom stereocenters. The van der Waals surface area contributed by atoms with Gasteiger partial charge in [0.1, 0.15) is 5.84 Å². The van der Waals surface area contributed by atoms with Gasteiger partial charge in [0.15, 0.2) is 0 Å². The van der Waals surface area contributed by atoms with Crippen molar-refractivity contribution in [3.8, 4) is 0 Å². The summed E-state index contributed by atoms with van der Waals surface area (Å²) in [6.07, 6.45) is 3.84. The van der Waals surface area contributed by atoms with Gasteiger partial charge < -0.3 is 5.43 Å². The van der Waals surface area contributed by atoms with Crippen molar-refractivity contribution in [3.63, 3.8) is 0 Å². The van der Waals surface area contributed by atoms with E-state index in [1.165, 1.54) is 11.1 Å². The third kappa shape index (κ3) is 2.70. The summed E-state index contributed by atoms with van der Waals surface area (Å²) >= 11 is 4.33. The van der Waals surface area contributed by atoms with Crippen molar-refractivity contribution < 1.29 is 0 Å². The maximum absolute atomic E-state index is 5.46.